The molecule has 2 heterocycles. The Hall–Kier alpha value is -0.810. The normalized spacial score (nSPS) is 32.1. The largest absolute Gasteiger partial charge is 0.372 e. The Morgan fingerprint density at radius 1 is 1.20 bits per heavy atom. The minimum Gasteiger partial charge on any atom is -0.372 e. The molecule has 0 aromatic rings. The van der Waals surface area contributed by atoms with Crippen LogP contribution in [-0.4, -0.2) is 67.3 Å². The number of amides is 2. The van der Waals surface area contributed by atoms with Crippen LogP contribution in [0.2, 0.25) is 0 Å². The molecule has 2 aliphatic rings. The molecule has 5 heteroatoms. The lowest BCUT2D eigenvalue weighted by Gasteiger charge is -2.35. The van der Waals surface area contributed by atoms with Crippen molar-refractivity contribution in [3.8, 4) is 0 Å². The molecule has 1 N–H and O–H groups in total. The van der Waals surface area contributed by atoms with Crippen molar-refractivity contribution in [3.05, 3.63) is 0 Å². The van der Waals surface area contributed by atoms with E-state index in [0.717, 1.165) is 19.0 Å². The van der Waals surface area contributed by atoms with E-state index in [-0.39, 0.29) is 18.2 Å². The van der Waals surface area contributed by atoms with Crippen LogP contribution in [0.3, 0.4) is 0 Å². The fourth-order valence-corrected chi connectivity index (χ4v) is 3.27. The molecule has 2 fully saturated rings. The fraction of sp³-hybridized carbons (Fsp3) is 0.933. The van der Waals surface area contributed by atoms with Crippen LogP contribution in [0.4, 0.5) is 4.79 Å². The third-order valence-corrected chi connectivity index (χ3v) is 4.15. The van der Waals surface area contributed by atoms with Gasteiger partial charge >= 0.3 is 6.03 Å². The summed E-state index contributed by atoms with van der Waals surface area (Å²) >= 11 is 0. The summed E-state index contributed by atoms with van der Waals surface area (Å²) in [5, 5.41) is 3.05. The van der Waals surface area contributed by atoms with Crippen molar-refractivity contribution in [2.24, 2.45) is 5.92 Å². The van der Waals surface area contributed by atoms with Crippen LogP contribution in [0.25, 0.3) is 0 Å². The number of carbonyl (C=O) groups is 1. The van der Waals surface area contributed by atoms with Crippen molar-refractivity contribution in [2.75, 3.05) is 39.3 Å². The van der Waals surface area contributed by atoms with Gasteiger partial charge in [-0.2, -0.15) is 0 Å². The summed E-state index contributed by atoms with van der Waals surface area (Å²) in [4.78, 5) is 16.5. The molecule has 3 unspecified atom stereocenters. The first kappa shape index (κ1) is 15.6. The first-order valence-corrected chi connectivity index (χ1v) is 7.95. The van der Waals surface area contributed by atoms with Crippen LogP contribution in [-0.2, 0) is 4.74 Å². The quantitative estimate of drug-likeness (QED) is 0.854. The number of nitrogens with one attached hydrogen (secondary N) is 1. The summed E-state index contributed by atoms with van der Waals surface area (Å²) in [6.07, 6.45) is 2.89. The number of hydrogen-bond donors (Lipinski definition) is 1. The molecule has 0 aliphatic carbocycles. The summed E-state index contributed by atoms with van der Waals surface area (Å²) in [6.45, 7) is 11.8. The number of carbonyl (C=O) groups excluding carboxylic acids is 1. The van der Waals surface area contributed by atoms with Crippen molar-refractivity contribution in [2.45, 2.75) is 45.8 Å². The van der Waals surface area contributed by atoms with Gasteiger partial charge in [-0.25, -0.2) is 4.79 Å². The van der Waals surface area contributed by atoms with Crippen LogP contribution in [0.1, 0.15) is 33.6 Å². The van der Waals surface area contributed by atoms with Crippen LogP contribution in [0.5, 0.6) is 0 Å². The third-order valence-electron chi connectivity index (χ3n) is 4.15. The van der Waals surface area contributed by atoms with Gasteiger partial charge in [-0.15, -0.1) is 0 Å². The van der Waals surface area contributed by atoms with Gasteiger partial charge < -0.3 is 19.9 Å². The predicted octanol–water partition coefficient (Wildman–Crippen LogP) is 1.54. The highest BCUT2D eigenvalue weighted by atomic mass is 16.5. The van der Waals surface area contributed by atoms with E-state index in [4.69, 9.17) is 4.74 Å². The molecule has 2 aliphatic heterocycles. The van der Waals surface area contributed by atoms with Crippen molar-refractivity contribution < 1.29 is 9.53 Å². The fourth-order valence-electron chi connectivity index (χ4n) is 3.27. The first-order chi connectivity index (χ1) is 9.54. The first-order valence-electron chi connectivity index (χ1n) is 7.95. The van der Waals surface area contributed by atoms with Gasteiger partial charge in [0.2, 0.25) is 0 Å². The Balaban J connectivity index is 1.67. The lowest BCUT2D eigenvalue weighted by atomic mass is 10.0. The third kappa shape index (κ3) is 4.63. The number of rotatable bonds is 3. The van der Waals surface area contributed by atoms with E-state index >= 15 is 0 Å². The van der Waals surface area contributed by atoms with Gasteiger partial charge in [0.15, 0.2) is 0 Å². The Morgan fingerprint density at radius 3 is 2.55 bits per heavy atom. The van der Waals surface area contributed by atoms with Crippen LogP contribution >= 0.6 is 0 Å². The Bertz CT molecular complexity index is 314. The van der Waals surface area contributed by atoms with Gasteiger partial charge in [0.05, 0.1) is 12.2 Å². The molecule has 0 aromatic carbocycles. The summed E-state index contributed by atoms with van der Waals surface area (Å²) in [6, 6.07) is 0.0528. The van der Waals surface area contributed by atoms with Gasteiger partial charge in [0.1, 0.15) is 0 Å². The molecule has 2 saturated heterocycles. The Labute approximate surface area is 122 Å². The van der Waals surface area contributed by atoms with Gasteiger partial charge in [0, 0.05) is 32.7 Å². The lowest BCUT2D eigenvalue weighted by Crippen LogP contribution is -2.52. The second-order valence-electron chi connectivity index (χ2n) is 6.44. The van der Waals surface area contributed by atoms with Gasteiger partial charge in [-0.1, -0.05) is 6.92 Å². The lowest BCUT2D eigenvalue weighted by molar-refractivity contribution is -0.0545. The summed E-state index contributed by atoms with van der Waals surface area (Å²) in [7, 11) is 0. The highest BCUT2D eigenvalue weighted by Gasteiger charge is 2.25. The zero-order valence-corrected chi connectivity index (χ0v) is 13.1. The number of likely N-dealkylation sites (tertiary alicyclic amines) is 1. The average molecular weight is 283 g/mol. The van der Waals surface area contributed by atoms with E-state index in [1.54, 1.807) is 0 Å². The molecule has 0 bridgehead atoms. The summed E-state index contributed by atoms with van der Waals surface area (Å²) < 4.78 is 5.65. The van der Waals surface area contributed by atoms with Crippen LogP contribution < -0.4 is 5.32 Å². The van der Waals surface area contributed by atoms with E-state index < -0.39 is 0 Å². The molecule has 20 heavy (non-hydrogen) atoms. The maximum atomic E-state index is 12.1. The standard InChI is InChI=1S/C15H29N3O2/c1-12-5-4-7-17(9-12)8-6-16-15(19)18-10-13(2)20-14(3)11-18/h12-14H,4-11H2,1-3H3,(H,16,19). The van der Waals surface area contributed by atoms with E-state index in [1.807, 2.05) is 18.7 Å². The van der Waals surface area contributed by atoms with E-state index in [9.17, 15) is 4.79 Å². The maximum Gasteiger partial charge on any atom is 0.317 e. The van der Waals surface area contributed by atoms with Crippen molar-refractivity contribution in [1.29, 1.82) is 0 Å². The second-order valence-corrected chi connectivity index (χ2v) is 6.44. The van der Waals surface area contributed by atoms with Gasteiger partial charge in [0.25, 0.3) is 0 Å². The SMILES string of the molecule is CC1CCCN(CCNC(=O)N2CC(C)OC(C)C2)C1. The zero-order valence-electron chi connectivity index (χ0n) is 13.1. The second kappa shape index (κ2) is 7.27. The molecule has 2 amide bonds. The number of piperidine rings is 1. The number of hydrogen-bond acceptors (Lipinski definition) is 3. The zero-order chi connectivity index (χ0) is 14.5. The number of nitrogens with zero attached hydrogens (tertiary/aromatic N) is 2. The topological polar surface area (TPSA) is 44.8 Å². The number of ether oxygens (including phenoxy) is 1. The van der Waals surface area contributed by atoms with E-state index in [0.29, 0.717) is 13.1 Å². The maximum absolute atomic E-state index is 12.1. The molecule has 116 valence electrons. The predicted molar refractivity (Wildman–Crippen MR) is 79.8 cm³/mol. The Kier molecular flexibility index (Phi) is 5.66. The van der Waals surface area contributed by atoms with Crippen molar-refractivity contribution in [1.82, 2.24) is 15.1 Å². The number of morpholine rings is 1. The monoisotopic (exact) mass is 283 g/mol. The minimum absolute atomic E-state index is 0.0528. The minimum atomic E-state index is 0.0528. The van der Waals surface area contributed by atoms with E-state index in [2.05, 4.69) is 17.1 Å². The summed E-state index contributed by atoms with van der Waals surface area (Å²) in [5.41, 5.74) is 0. The van der Waals surface area contributed by atoms with Crippen LogP contribution in [0, 0.1) is 5.92 Å². The molecular weight excluding hydrogens is 254 g/mol. The van der Waals surface area contributed by atoms with Gasteiger partial charge in [-0.3, -0.25) is 0 Å². The van der Waals surface area contributed by atoms with Crippen molar-refractivity contribution in [3.63, 3.8) is 0 Å². The molecule has 0 saturated carbocycles. The summed E-state index contributed by atoms with van der Waals surface area (Å²) in [5.74, 6) is 0.792. The molecule has 2 rings (SSSR count). The van der Waals surface area contributed by atoms with Crippen molar-refractivity contribution >= 4 is 6.03 Å². The molecule has 5 nitrogen and oxygen atoms in total. The molecule has 3 atom stereocenters. The highest BCUT2D eigenvalue weighted by molar-refractivity contribution is 5.74. The molecule has 0 aromatic heterocycles. The smallest absolute Gasteiger partial charge is 0.317 e. The highest BCUT2D eigenvalue weighted by Crippen LogP contribution is 2.14. The van der Waals surface area contributed by atoms with Gasteiger partial charge in [-0.05, 0) is 39.2 Å². The van der Waals surface area contributed by atoms with Crippen LogP contribution in [0.15, 0.2) is 0 Å². The molecular formula is C15H29N3O2. The average Bonchev–Trinajstić information content (AvgIpc) is 2.37. The molecule has 0 radical (unpaired) electrons. The Morgan fingerprint density at radius 2 is 1.90 bits per heavy atom. The number of urea groups is 1. The molecule has 0 spiro atoms. The van der Waals surface area contributed by atoms with E-state index in [1.165, 1.54) is 25.9 Å².